The van der Waals surface area contributed by atoms with Crippen molar-refractivity contribution in [3.63, 3.8) is 0 Å². The summed E-state index contributed by atoms with van der Waals surface area (Å²) in [6, 6.07) is 15.3. The largest absolute Gasteiger partial charge is 0.321 e. The van der Waals surface area contributed by atoms with E-state index in [1.54, 1.807) is 35.7 Å². The van der Waals surface area contributed by atoms with Crippen molar-refractivity contribution in [2.45, 2.75) is 6.42 Å². The molecular weight excluding hydrogens is 381 g/mol. The molecule has 0 saturated heterocycles. The Morgan fingerprint density at radius 2 is 1.68 bits per heavy atom. The standard InChI is InChI=1S/C20H16FN3O3S/c21-15-8-6-13(7-9-15)11-18(25)23-24-19(26)14-3-1-4-16(12-14)22-20(27)17-5-2-10-28-17/h1-10,12H,11H2,(H,22,27)(H,23,25)(H,24,26). The van der Waals surface area contributed by atoms with Crippen molar-refractivity contribution >= 4 is 34.7 Å². The maximum absolute atomic E-state index is 12.9. The molecule has 0 atom stereocenters. The van der Waals surface area contributed by atoms with Crippen molar-refractivity contribution in [2.24, 2.45) is 0 Å². The number of carbonyl (C=O) groups excluding carboxylic acids is 3. The molecule has 0 aliphatic rings. The fraction of sp³-hybridized carbons (Fsp3) is 0.0500. The molecule has 1 aromatic heterocycles. The van der Waals surface area contributed by atoms with Crippen molar-refractivity contribution in [1.82, 2.24) is 10.9 Å². The average molecular weight is 397 g/mol. The molecule has 0 fully saturated rings. The van der Waals surface area contributed by atoms with E-state index in [0.29, 0.717) is 16.1 Å². The van der Waals surface area contributed by atoms with Crippen LogP contribution in [0.5, 0.6) is 0 Å². The van der Waals surface area contributed by atoms with Gasteiger partial charge in [-0.05, 0) is 47.3 Å². The van der Waals surface area contributed by atoms with Gasteiger partial charge in [-0.25, -0.2) is 4.39 Å². The Morgan fingerprint density at radius 3 is 2.39 bits per heavy atom. The monoisotopic (exact) mass is 397 g/mol. The van der Waals surface area contributed by atoms with E-state index in [1.807, 2.05) is 0 Å². The summed E-state index contributed by atoms with van der Waals surface area (Å²) in [6.07, 6.45) is -0.00251. The lowest BCUT2D eigenvalue weighted by Crippen LogP contribution is -2.42. The van der Waals surface area contributed by atoms with Gasteiger partial charge in [0.05, 0.1) is 11.3 Å². The van der Waals surface area contributed by atoms with Gasteiger partial charge in [-0.3, -0.25) is 25.2 Å². The molecule has 0 radical (unpaired) electrons. The summed E-state index contributed by atoms with van der Waals surface area (Å²) in [7, 11) is 0. The third kappa shape index (κ3) is 5.24. The minimum Gasteiger partial charge on any atom is -0.321 e. The number of rotatable bonds is 5. The Bertz CT molecular complexity index is 988. The molecule has 0 unspecified atom stereocenters. The highest BCUT2D eigenvalue weighted by Crippen LogP contribution is 2.15. The van der Waals surface area contributed by atoms with Crippen molar-refractivity contribution in [3.05, 3.63) is 87.9 Å². The highest BCUT2D eigenvalue weighted by Gasteiger charge is 2.11. The number of carbonyl (C=O) groups is 3. The molecule has 0 spiro atoms. The number of hydrazine groups is 1. The summed E-state index contributed by atoms with van der Waals surface area (Å²) >= 11 is 1.31. The van der Waals surface area contributed by atoms with Gasteiger partial charge < -0.3 is 5.32 Å². The number of halogens is 1. The second-order valence-corrected chi connectivity index (χ2v) is 6.77. The lowest BCUT2D eigenvalue weighted by Gasteiger charge is -2.09. The van der Waals surface area contributed by atoms with Crippen LogP contribution < -0.4 is 16.2 Å². The summed E-state index contributed by atoms with van der Waals surface area (Å²) in [5.74, 6) is -1.62. The Hall–Kier alpha value is -3.52. The quantitative estimate of drug-likeness (QED) is 0.578. The zero-order chi connectivity index (χ0) is 19.9. The maximum Gasteiger partial charge on any atom is 0.269 e. The Kier molecular flexibility index (Phi) is 6.13. The van der Waals surface area contributed by atoms with E-state index in [9.17, 15) is 18.8 Å². The molecule has 0 aliphatic carbocycles. The topological polar surface area (TPSA) is 87.3 Å². The Morgan fingerprint density at radius 1 is 0.893 bits per heavy atom. The van der Waals surface area contributed by atoms with E-state index in [-0.39, 0.29) is 23.7 Å². The maximum atomic E-state index is 12.9. The van der Waals surface area contributed by atoms with Gasteiger partial charge >= 0.3 is 0 Å². The first kappa shape index (κ1) is 19.2. The summed E-state index contributed by atoms with van der Waals surface area (Å²) < 4.78 is 12.9. The molecule has 3 aromatic rings. The molecule has 3 rings (SSSR count). The molecule has 3 amide bonds. The van der Waals surface area contributed by atoms with Gasteiger partial charge in [0, 0.05) is 11.3 Å². The predicted molar refractivity (Wildman–Crippen MR) is 104 cm³/mol. The van der Waals surface area contributed by atoms with Crippen LogP contribution in [0.3, 0.4) is 0 Å². The van der Waals surface area contributed by atoms with E-state index in [0.717, 1.165) is 0 Å². The summed E-state index contributed by atoms with van der Waals surface area (Å²) in [5, 5.41) is 4.51. The van der Waals surface area contributed by atoms with Gasteiger partial charge in [0.15, 0.2) is 0 Å². The van der Waals surface area contributed by atoms with E-state index >= 15 is 0 Å². The van der Waals surface area contributed by atoms with Crippen molar-refractivity contribution in [3.8, 4) is 0 Å². The first-order valence-corrected chi connectivity index (χ1v) is 9.18. The fourth-order valence-electron chi connectivity index (χ4n) is 2.37. The molecule has 142 valence electrons. The van der Waals surface area contributed by atoms with Crippen LogP contribution in [0.4, 0.5) is 10.1 Å². The molecule has 0 bridgehead atoms. The van der Waals surface area contributed by atoms with E-state index in [2.05, 4.69) is 16.2 Å². The second-order valence-electron chi connectivity index (χ2n) is 5.82. The minimum absolute atomic E-state index is 0.00251. The molecule has 28 heavy (non-hydrogen) atoms. The zero-order valence-electron chi connectivity index (χ0n) is 14.6. The number of hydrogen-bond donors (Lipinski definition) is 3. The number of hydrogen-bond acceptors (Lipinski definition) is 4. The van der Waals surface area contributed by atoms with E-state index < -0.39 is 11.8 Å². The summed E-state index contributed by atoms with van der Waals surface area (Å²) in [6.45, 7) is 0. The molecular formula is C20H16FN3O3S. The SMILES string of the molecule is O=C(Cc1ccc(F)cc1)NNC(=O)c1cccc(NC(=O)c2cccs2)c1. The third-order valence-electron chi connectivity index (χ3n) is 3.72. The van der Waals surface area contributed by atoms with Gasteiger partial charge in [-0.1, -0.05) is 24.3 Å². The number of thiophene rings is 1. The van der Waals surface area contributed by atoms with Crippen LogP contribution in [0.15, 0.2) is 66.0 Å². The number of amides is 3. The van der Waals surface area contributed by atoms with Crippen molar-refractivity contribution in [1.29, 1.82) is 0 Å². The molecule has 2 aromatic carbocycles. The highest BCUT2D eigenvalue weighted by atomic mass is 32.1. The third-order valence-corrected chi connectivity index (χ3v) is 4.59. The average Bonchev–Trinajstić information content (AvgIpc) is 3.23. The lowest BCUT2D eigenvalue weighted by atomic mass is 10.1. The van der Waals surface area contributed by atoms with Crippen LogP contribution in [-0.2, 0) is 11.2 Å². The normalized spacial score (nSPS) is 10.2. The molecule has 0 aliphatic heterocycles. The van der Waals surface area contributed by atoms with Gasteiger partial charge in [0.25, 0.3) is 11.8 Å². The summed E-state index contributed by atoms with van der Waals surface area (Å²) in [4.78, 5) is 36.8. The zero-order valence-corrected chi connectivity index (χ0v) is 15.4. The van der Waals surface area contributed by atoms with Crippen molar-refractivity contribution in [2.75, 3.05) is 5.32 Å². The van der Waals surface area contributed by atoms with Crippen LogP contribution in [0.1, 0.15) is 25.6 Å². The van der Waals surface area contributed by atoms with Crippen LogP contribution >= 0.6 is 11.3 Å². The van der Waals surface area contributed by atoms with Crippen molar-refractivity contribution < 1.29 is 18.8 Å². The van der Waals surface area contributed by atoms with Crippen LogP contribution in [-0.4, -0.2) is 17.7 Å². The van der Waals surface area contributed by atoms with Crippen LogP contribution in [0.25, 0.3) is 0 Å². The number of nitrogens with one attached hydrogen (secondary N) is 3. The van der Waals surface area contributed by atoms with E-state index in [1.165, 1.54) is 41.7 Å². The molecule has 6 nitrogen and oxygen atoms in total. The first-order chi connectivity index (χ1) is 13.5. The predicted octanol–water partition coefficient (Wildman–Crippen LogP) is 3.14. The van der Waals surface area contributed by atoms with E-state index in [4.69, 9.17) is 0 Å². The Labute approximate surface area is 164 Å². The van der Waals surface area contributed by atoms with Crippen LogP contribution in [0, 0.1) is 5.82 Å². The molecule has 0 saturated carbocycles. The summed E-state index contributed by atoms with van der Waals surface area (Å²) in [5.41, 5.74) is 5.97. The number of anilines is 1. The first-order valence-electron chi connectivity index (χ1n) is 8.30. The molecule has 3 N–H and O–H groups in total. The van der Waals surface area contributed by atoms with Gasteiger partial charge in [-0.15, -0.1) is 11.3 Å². The van der Waals surface area contributed by atoms with Gasteiger partial charge in [-0.2, -0.15) is 0 Å². The second kappa shape index (κ2) is 8.92. The van der Waals surface area contributed by atoms with Crippen LogP contribution in [0.2, 0.25) is 0 Å². The smallest absolute Gasteiger partial charge is 0.269 e. The number of benzene rings is 2. The fourth-order valence-corrected chi connectivity index (χ4v) is 2.99. The Balaban J connectivity index is 1.54. The van der Waals surface area contributed by atoms with Gasteiger partial charge in [0.1, 0.15) is 5.82 Å². The highest BCUT2D eigenvalue weighted by molar-refractivity contribution is 7.12. The molecule has 1 heterocycles. The minimum atomic E-state index is -0.528. The lowest BCUT2D eigenvalue weighted by molar-refractivity contribution is -0.121. The van der Waals surface area contributed by atoms with Gasteiger partial charge in [0.2, 0.25) is 5.91 Å². The molecule has 8 heteroatoms.